The molecule has 1 rings (SSSR count). The van der Waals surface area contributed by atoms with Gasteiger partial charge >= 0.3 is 12.4 Å². The second kappa shape index (κ2) is 4.84. The molecule has 0 bridgehead atoms. The van der Waals surface area contributed by atoms with Crippen molar-refractivity contribution >= 4 is 15.9 Å². The van der Waals surface area contributed by atoms with Gasteiger partial charge < -0.3 is 5.11 Å². The molecule has 0 amide bonds. The fraction of sp³-hybridized carbons (Fsp3) is 0.400. The van der Waals surface area contributed by atoms with E-state index >= 15 is 0 Å². The zero-order valence-corrected chi connectivity index (χ0v) is 10.7. The van der Waals surface area contributed by atoms with E-state index in [1.807, 2.05) is 0 Å². The summed E-state index contributed by atoms with van der Waals surface area (Å²) in [6.45, 7) is 0.579. The molecule has 0 fully saturated rings. The van der Waals surface area contributed by atoms with Crippen LogP contribution in [0.15, 0.2) is 10.5 Å². The van der Waals surface area contributed by atoms with Gasteiger partial charge in [-0.2, -0.15) is 26.3 Å². The van der Waals surface area contributed by atoms with Crippen LogP contribution < -0.4 is 0 Å². The average Bonchev–Trinajstić information content (AvgIpc) is 2.20. The first-order valence-corrected chi connectivity index (χ1v) is 5.51. The Morgan fingerprint density at radius 2 is 1.63 bits per heavy atom. The summed E-state index contributed by atoms with van der Waals surface area (Å²) in [6, 6.07) is 0.218. The quantitative estimate of drug-likeness (QED) is 0.705. The van der Waals surface area contributed by atoms with Crippen LogP contribution in [0.4, 0.5) is 30.7 Å². The largest absolute Gasteiger partial charge is 0.504 e. The molecule has 0 aliphatic heterocycles. The lowest BCUT2D eigenvalue weighted by Gasteiger charge is -2.20. The number of alkyl halides is 6. The molecule has 1 N–H and O–H groups in total. The number of hydrogen-bond donors (Lipinski definition) is 1. The summed E-state index contributed by atoms with van der Waals surface area (Å²) in [6.07, 6.45) is -9.93. The fourth-order valence-corrected chi connectivity index (χ4v) is 2.15. The summed E-state index contributed by atoms with van der Waals surface area (Å²) in [7, 11) is 0. The summed E-state index contributed by atoms with van der Waals surface area (Å²) >= 11 is 2.47. The summed E-state index contributed by atoms with van der Waals surface area (Å²) < 4.78 is 87.5. The molecule has 0 aliphatic carbocycles. The maximum absolute atomic E-state index is 13.6. The summed E-state index contributed by atoms with van der Waals surface area (Å²) in [4.78, 5) is 0. The Morgan fingerprint density at radius 1 is 1.16 bits per heavy atom. The highest BCUT2D eigenvalue weighted by Crippen LogP contribution is 2.46. The second-order valence-electron chi connectivity index (χ2n) is 3.74. The molecule has 0 aromatic heterocycles. The maximum Gasteiger partial charge on any atom is 0.420 e. The van der Waals surface area contributed by atoms with Crippen LogP contribution in [-0.4, -0.2) is 11.3 Å². The van der Waals surface area contributed by atoms with E-state index in [0.717, 1.165) is 0 Å². The van der Waals surface area contributed by atoms with Crippen molar-refractivity contribution in [1.29, 1.82) is 0 Å². The SMILES string of the molecule is CC(c1c(Br)cc(C(F)(F)F)c(O)c1F)C(F)(F)F. The third kappa shape index (κ3) is 3.13. The molecular formula is C10H6BrF7O. The number of phenols is 1. The van der Waals surface area contributed by atoms with Crippen molar-refractivity contribution < 1.29 is 35.8 Å². The molecule has 1 nitrogen and oxygen atoms in total. The van der Waals surface area contributed by atoms with E-state index < -0.39 is 45.4 Å². The minimum atomic E-state index is -5.08. The highest BCUT2D eigenvalue weighted by molar-refractivity contribution is 9.10. The fourth-order valence-electron chi connectivity index (χ4n) is 1.40. The second-order valence-corrected chi connectivity index (χ2v) is 4.60. The molecule has 1 aromatic carbocycles. The number of rotatable bonds is 1. The standard InChI is InChI=1S/C10H6BrF7O/c1-3(9(13,14)15)6-5(11)2-4(10(16,17)18)8(19)7(6)12/h2-3,19H,1H3. The summed E-state index contributed by atoms with van der Waals surface area (Å²) in [5, 5.41) is 9.07. The molecule has 1 atom stereocenters. The van der Waals surface area contributed by atoms with Crippen LogP contribution in [0.5, 0.6) is 5.75 Å². The van der Waals surface area contributed by atoms with Gasteiger partial charge in [-0.15, -0.1) is 0 Å². The van der Waals surface area contributed by atoms with E-state index in [0.29, 0.717) is 6.92 Å². The molecule has 0 spiro atoms. The topological polar surface area (TPSA) is 20.2 Å². The zero-order chi connectivity index (χ0) is 15.2. The van der Waals surface area contributed by atoms with Crippen molar-refractivity contribution in [2.45, 2.75) is 25.2 Å². The van der Waals surface area contributed by atoms with Crippen molar-refractivity contribution in [3.63, 3.8) is 0 Å². The molecule has 0 saturated carbocycles. The van der Waals surface area contributed by atoms with Gasteiger partial charge in [-0.3, -0.25) is 0 Å². The van der Waals surface area contributed by atoms with Crippen molar-refractivity contribution in [3.05, 3.63) is 27.5 Å². The van der Waals surface area contributed by atoms with E-state index in [-0.39, 0.29) is 6.07 Å². The van der Waals surface area contributed by atoms with Crippen LogP contribution in [0.1, 0.15) is 24.0 Å². The van der Waals surface area contributed by atoms with Gasteiger partial charge in [0.1, 0.15) is 5.56 Å². The van der Waals surface area contributed by atoms with Gasteiger partial charge in [0.2, 0.25) is 0 Å². The summed E-state index contributed by atoms with van der Waals surface area (Å²) in [5.74, 6) is -6.15. The smallest absolute Gasteiger partial charge is 0.420 e. The van der Waals surface area contributed by atoms with Gasteiger partial charge in [-0.05, 0) is 13.0 Å². The third-order valence-electron chi connectivity index (χ3n) is 2.46. The molecule has 1 unspecified atom stereocenters. The number of halogens is 8. The molecule has 0 aliphatic rings. The number of aromatic hydroxyl groups is 1. The van der Waals surface area contributed by atoms with Crippen molar-refractivity contribution in [2.24, 2.45) is 0 Å². The van der Waals surface area contributed by atoms with Crippen molar-refractivity contribution in [1.82, 2.24) is 0 Å². The first-order valence-electron chi connectivity index (χ1n) is 4.72. The van der Waals surface area contributed by atoms with Gasteiger partial charge in [0.25, 0.3) is 0 Å². The molecule has 108 valence electrons. The number of benzene rings is 1. The minimum absolute atomic E-state index is 0.218. The Labute approximate surface area is 111 Å². The van der Waals surface area contributed by atoms with Crippen LogP contribution in [0.3, 0.4) is 0 Å². The van der Waals surface area contributed by atoms with E-state index in [9.17, 15) is 30.7 Å². The van der Waals surface area contributed by atoms with Crippen molar-refractivity contribution in [3.8, 4) is 5.75 Å². The predicted molar refractivity (Wildman–Crippen MR) is 55.2 cm³/mol. The van der Waals surface area contributed by atoms with Gasteiger partial charge in [-0.1, -0.05) is 15.9 Å². The van der Waals surface area contributed by atoms with Crippen LogP contribution in [0, 0.1) is 5.82 Å². The molecule has 19 heavy (non-hydrogen) atoms. The highest BCUT2D eigenvalue weighted by atomic mass is 79.9. The third-order valence-corrected chi connectivity index (χ3v) is 3.11. The lowest BCUT2D eigenvalue weighted by Crippen LogP contribution is -2.20. The van der Waals surface area contributed by atoms with Gasteiger partial charge in [0, 0.05) is 10.0 Å². The van der Waals surface area contributed by atoms with Crippen LogP contribution in [-0.2, 0) is 6.18 Å². The Kier molecular flexibility index (Phi) is 4.09. The lowest BCUT2D eigenvalue weighted by atomic mass is 9.97. The monoisotopic (exact) mass is 354 g/mol. The number of phenolic OH excluding ortho intramolecular Hbond substituents is 1. The van der Waals surface area contributed by atoms with Gasteiger partial charge in [0.05, 0.1) is 5.92 Å². The Morgan fingerprint density at radius 3 is 2.00 bits per heavy atom. The molecule has 0 radical (unpaired) electrons. The van der Waals surface area contributed by atoms with Gasteiger partial charge in [0.15, 0.2) is 11.6 Å². The summed E-state index contributed by atoms with van der Waals surface area (Å²) in [5.41, 5.74) is -2.81. The number of hydrogen-bond acceptors (Lipinski definition) is 1. The molecule has 0 heterocycles. The molecule has 1 aromatic rings. The Balaban J connectivity index is 3.52. The molecule has 9 heteroatoms. The molecule has 0 saturated heterocycles. The highest BCUT2D eigenvalue weighted by Gasteiger charge is 2.43. The zero-order valence-electron chi connectivity index (χ0n) is 9.13. The maximum atomic E-state index is 13.6. The van der Waals surface area contributed by atoms with Crippen LogP contribution >= 0.6 is 15.9 Å². The van der Waals surface area contributed by atoms with Crippen molar-refractivity contribution in [2.75, 3.05) is 0 Å². The Hall–Kier alpha value is -0.990. The normalized spacial score (nSPS) is 14.6. The Bertz CT molecular complexity index is 492. The van der Waals surface area contributed by atoms with E-state index in [2.05, 4.69) is 15.9 Å². The average molecular weight is 355 g/mol. The first-order chi connectivity index (χ1) is 8.37. The van der Waals surface area contributed by atoms with Crippen LogP contribution in [0.2, 0.25) is 0 Å². The first kappa shape index (κ1) is 16.1. The van der Waals surface area contributed by atoms with Gasteiger partial charge in [-0.25, -0.2) is 4.39 Å². The van der Waals surface area contributed by atoms with Crippen LogP contribution in [0.25, 0.3) is 0 Å². The minimum Gasteiger partial charge on any atom is -0.504 e. The van der Waals surface area contributed by atoms with E-state index in [1.165, 1.54) is 0 Å². The van der Waals surface area contributed by atoms with E-state index in [1.54, 1.807) is 0 Å². The lowest BCUT2D eigenvalue weighted by molar-refractivity contribution is -0.147. The molecular weight excluding hydrogens is 349 g/mol. The van der Waals surface area contributed by atoms with E-state index in [4.69, 9.17) is 5.11 Å². The predicted octanol–water partition coefficient (Wildman–Crippen LogP) is 4.98.